The highest BCUT2D eigenvalue weighted by Gasteiger charge is 2.32. The number of carbonyl (C=O) groups is 1. The number of benzene rings is 1. The third-order valence-corrected chi connectivity index (χ3v) is 3.53. The average molecular weight is 339 g/mol. The number of hydrogen-bond acceptors (Lipinski definition) is 6. The molecular formula is C13H16F3NO4S. The summed E-state index contributed by atoms with van der Waals surface area (Å²) in [6, 6.07) is 3.26. The molecule has 0 bridgehead atoms. The van der Waals surface area contributed by atoms with Crippen molar-refractivity contribution in [2.45, 2.75) is 31.9 Å². The topological polar surface area (TPSA) is 92.8 Å². The summed E-state index contributed by atoms with van der Waals surface area (Å²) in [5, 5.41) is 19.6. The summed E-state index contributed by atoms with van der Waals surface area (Å²) in [4.78, 5) is 10.8. The Morgan fingerprint density at radius 1 is 1.41 bits per heavy atom. The van der Waals surface area contributed by atoms with Crippen molar-refractivity contribution < 1.29 is 32.9 Å². The Morgan fingerprint density at radius 2 is 2.05 bits per heavy atom. The average Bonchev–Trinajstić information content (AvgIpc) is 2.38. The van der Waals surface area contributed by atoms with E-state index < -0.39 is 24.3 Å². The molecule has 9 heteroatoms. The third kappa shape index (κ3) is 6.12. The van der Waals surface area contributed by atoms with E-state index in [-0.39, 0.29) is 22.8 Å². The number of nitrogens with two attached hydrogens (primary N) is 1. The number of nitrogen functional groups attached to an aromatic ring is 1. The number of halogens is 3. The van der Waals surface area contributed by atoms with Gasteiger partial charge in [-0.25, -0.2) is 0 Å². The van der Waals surface area contributed by atoms with Crippen LogP contribution in [-0.2, 0) is 4.79 Å². The Kier molecular flexibility index (Phi) is 6.51. The van der Waals surface area contributed by atoms with E-state index in [1.807, 2.05) is 0 Å². The maximum Gasteiger partial charge on any atom is 0.573 e. The first-order valence-electron chi connectivity index (χ1n) is 6.25. The number of carbonyl (C=O) groups excluding carboxylic acids is 1. The second-order valence-corrected chi connectivity index (χ2v) is 5.76. The van der Waals surface area contributed by atoms with E-state index >= 15 is 0 Å². The number of anilines is 1. The molecule has 0 aromatic heterocycles. The fraction of sp³-hybridized carbons (Fsp3) is 0.462. The Labute approximate surface area is 129 Å². The van der Waals surface area contributed by atoms with Gasteiger partial charge in [0.15, 0.2) is 10.9 Å². The van der Waals surface area contributed by atoms with Gasteiger partial charge in [-0.3, -0.25) is 4.79 Å². The lowest BCUT2D eigenvalue weighted by Crippen LogP contribution is -2.20. The summed E-state index contributed by atoms with van der Waals surface area (Å²) < 4.78 is 40.1. The van der Waals surface area contributed by atoms with Crippen LogP contribution >= 0.6 is 11.8 Å². The van der Waals surface area contributed by atoms with Crippen molar-refractivity contribution in [2.75, 3.05) is 11.5 Å². The maximum absolute atomic E-state index is 12.1. The predicted molar refractivity (Wildman–Crippen MR) is 76.3 cm³/mol. The number of ether oxygens (including phenoxy) is 1. The van der Waals surface area contributed by atoms with Crippen LogP contribution in [0.25, 0.3) is 0 Å². The molecule has 124 valence electrons. The smallest absolute Gasteiger partial charge is 0.404 e. The molecule has 0 saturated carbocycles. The predicted octanol–water partition coefficient (Wildman–Crippen LogP) is 2.23. The van der Waals surface area contributed by atoms with Crippen molar-refractivity contribution in [2.24, 2.45) is 0 Å². The molecule has 2 atom stereocenters. The minimum Gasteiger partial charge on any atom is -0.404 e. The number of hydrogen-bond donors (Lipinski definition) is 3. The minimum absolute atomic E-state index is 0.111. The Hall–Kier alpha value is -1.45. The summed E-state index contributed by atoms with van der Waals surface area (Å²) in [6.07, 6.45) is -7.21. The number of alkyl halides is 3. The van der Waals surface area contributed by atoms with E-state index in [1.165, 1.54) is 13.0 Å². The molecule has 0 heterocycles. The largest absolute Gasteiger partial charge is 0.573 e. The van der Waals surface area contributed by atoms with Crippen LogP contribution in [0.3, 0.4) is 0 Å². The molecule has 4 N–H and O–H groups in total. The summed E-state index contributed by atoms with van der Waals surface area (Å²) >= 11 is 1.00. The molecule has 0 aliphatic carbocycles. The molecule has 0 aliphatic heterocycles. The minimum atomic E-state index is -4.86. The molecule has 0 saturated heterocycles. The van der Waals surface area contributed by atoms with Crippen molar-refractivity contribution in [1.29, 1.82) is 0 Å². The monoisotopic (exact) mass is 339 g/mol. The number of aliphatic hydroxyl groups excluding tert-OH is 2. The number of aliphatic hydroxyl groups is 2. The first-order valence-corrected chi connectivity index (χ1v) is 7.23. The van der Waals surface area contributed by atoms with Crippen molar-refractivity contribution in [1.82, 2.24) is 0 Å². The molecule has 1 rings (SSSR count). The Balaban J connectivity index is 2.72. The van der Waals surface area contributed by atoms with Crippen LogP contribution in [0.4, 0.5) is 18.9 Å². The standard InChI is InChI=1S/C13H16F3NO4S/c1-7(18)22-5-4-10(19)12(20)8-2-3-11(9(17)6-8)21-13(14,15)16/h2-3,6,10,12,19-20H,4-5,17H2,1H3. The highest BCUT2D eigenvalue weighted by molar-refractivity contribution is 8.13. The Bertz CT molecular complexity index is 524. The molecule has 0 spiro atoms. The zero-order valence-corrected chi connectivity index (χ0v) is 12.4. The molecule has 22 heavy (non-hydrogen) atoms. The van der Waals surface area contributed by atoms with Crippen LogP contribution in [0.15, 0.2) is 18.2 Å². The summed E-state index contributed by atoms with van der Waals surface area (Å²) in [7, 11) is 0. The van der Waals surface area contributed by atoms with Crippen molar-refractivity contribution in [3.8, 4) is 5.75 Å². The van der Waals surface area contributed by atoms with Gasteiger partial charge in [-0.2, -0.15) is 0 Å². The normalized spacial score (nSPS) is 14.5. The molecule has 5 nitrogen and oxygen atoms in total. The second-order valence-electron chi connectivity index (χ2n) is 4.49. The first kappa shape index (κ1) is 18.6. The first-order chi connectivity index (χ1) is 10.1. The van der Waals surface area contributed by atoms with Crippen LogP contribution in [0.1, 0.15) is 25.0 Å². The fourth-order valence-electron chi connectivity index (χ4n) is 1.67. The van der Waals surface area contributed by atoms with E-state index in [0.29, 0.717) is 5.75 Å². The van der Waals surface area contributed by atoms with Gasteiger partial charge >= 0.3 is 6.36 Å². The van der Waals surface area contributed by atoms with Gasteiger partial charge in [-0.05, 0) is 24.1 Å². The molecule has 1 aromatic carbocycles. The van der Waals surface area contributed by atoms with Gasteiger partial charge < -0.3 is 20.7 Å². The SMILES string of the molecule is CC(=O)SCCC(O)C(O)c1ccc(OC(F)(F)F)c(N)c1. The zero-order chi connectivity index (χ0) is 16.9. The van der Waals surface area contributed by atoms with Crippen LogP contribution in [-0.4, -0.2) is 33.5 Å². The van der Waals surface area contributed by atoms with Gasteiger partial charge in [0.25, 0.3) is 0 Å². The van der Waals surface area contributed by atoms with Gasteiger partial charge in [0.05, 0.1) is 11.8 Å². The van der Waals surface area contributed by atoms with Gasteiger partial charge in [0.2, 0.25) is 0 Å². The highest BCUT2D eigenvalue weighted by atomic mass is 32.2. The van der Waals surface area contributed by atoms with Crippen LogP contribution in [0.2, 0.25) is 0 Å². The van der Waals surface area contributed by atoms with Gasteiger partial charge in [0, 0.05) is 12.7 Å². The van der Waals surface area contributed by atoms with Gasteiger partial charge in [-0.15, -0.1) is 13.2 Å². The molecule has 0 radical (unpaired) electrons. The lowest BCUT2D eigenvalue weighted by atomic mass is 10.0. The van der Waals surface area contributed by atoms with E-state index in [0.717, 1.165) is 23.9 Å². The molecule has 0 amide bonds. The molecule has 0 aliphatic rings. The summed E-state index contributed by atoms with van der Waals surface area (Å²) in [6.45, 7) is 1.38. The van der Waals surface area contributed by atoms with E-state index in [1.54, 1.807) is 0 Å². The van der Waals surface area contributed by atoms with E-state index in [4.69, 9.17) is 5.73 Å². The van der Waals surface area contributed by atoms with Crippen LogP contribution in [0.5, 0.6) is 5.75 Å². The number of rotatable bonds is 6. The maximum atomic E-state index is 12.1. The van der Waals surface area contributed by atoms with Crippen molar-refractivity contribution >= 4 is 22.6 Å². The summed E-state index contributed by atoms with van der Waals surface area (Å²) in [5.74, 6) is -0.261. The zero-order valence-electron chi connectivity index (χ0n) is 11.6. The van der Waals surface area contributed by atoms with E-state index in [2.05, 4.69) is 4.74 Å². The third-order valence-electron chi connectivity index (χ3n) is 2.68. The van der Waals surface area contributed by atoms with Crippen molar-refractivity contribution in [3.05, 3.63) is 23.8 Å². The highest BCUT2D eigenvalue weighted by Crippen LogP contribution is 2.31. The molecule has 2 unspecified atom stereocenters. The van der Waals surface area contributed by atoms with E-state index in [9.17, 15) is 28.2 Å². The van der Waals surface area contributed by atoms with Crippen LogP contribution < -0.4 is 10.5 Å². The Morgan fingerprint density at radius 3 is 2.55 bits per heavy atom. The lowest BCUT2D eigenvalue weighted by molar-refractivity contribution is -0.274. The van der Waals surface area contributed by atoms with Crippen molar-refractivity contribution in [3.63, 3.8) is 0 Å². The van der Waals surface area contributed by atoms with Crippen LogP contribution in [0, 0.1) is 0 Å². The quantitative estimate of drug-likeness (QED) is 0.688. The lowest BCUT2D eigenvalue weighted by Gasteiger charge is -2.19. The number of thioether (sulfide) groups is 1. The molecule has 0 fully saturated rings. The van der Waals surface area contributed by atoms with Gasteiger partial charge in [-0.1, -0.05) is 17.8 Å². The van der Waals surface area contributed by atoms with Gasteiger partial charge in [0.1, 0.15) is 6.10 Å². The summed E-state index contributed by atoms with van der Waals surface area (Å²) in [5.41, 5.74) is 5.29. The molecular weight excluding hydrogens is 323 g/mol. The fourth-order valence-corrected chi connectivity index (χ4v) is 2.32. The second kappa shape index (κ2) is 7.70. The molecule has 1 aromatic rings.